The maximum atomic E-state index is 10.7. The molecule has 3 aromatic rings. The molecule has 0 amide bonds. The molecule has 2 aromatic carbocycles. The Morgan fingerprint density at radius 2 is 1.77 bits per heavy atom. The van der Waals surface area contributed by atoms with Crippen molar-refractivity contribution in [2.45, 2.75) is 19.9 Å². The lowest BCUT2D eigenvalue weighted by Gasteiger charge is -2.06. The zero-order valence-electron chi connectivity index (χ0n) is 14.0. The van der Waals surface area contributed by atoms with Gasteiger partial charge in [0.2, 0.25) is 5.82 Å². The first kappa shape index (κ1) is 17.9. The number of aliphatic carboxylic acids is 1. The number of hydrogen-bond acceptors (Lipinski definition) is 5. The lowest BCUT2D eigenvalue weighted by atomic mass is 10.1. The van der Waals surface area contributed by atoms with Crippen LogP contribution in [0, 0.1) is 5.92 Å². The summed E-state index contributed by atoms with van der Waals surface area (Å²) in [6.07, 6.45) is 0.0631. The maximum absolute atomic E-state index is 10.7. The van der Waals surface area contributed by atoms with Crippen molar-refractivity contribution in [2.75, 3.05) is 0 Å². The van der Waals surface area contributed by atoms with Crippen LogP contribution in [0.25, 0.3) is 11.4 Å². The predicted octanol–water partition coefficient (Wildman–Crippen LogP) is 3.90. The van der Waals surface area contributed by atoms with Crippen molar-refractivity contribution in [1.82, 2.24) is 20.2 Å². The molecule has 134 valence electrons. The molecule has 0 unspecified atom stereocenters. The molecule has 0 aliphatic heterocycles. The van der Waals surface area contributed by atoms with Crippen LogP contribution < -0.4 is 4.74 Å². The molecule has 0 bridgehead atoms. The monoisotopic (exact) mass is 372 g/mol. The second kappa shape index (κ2) is 7.97. The van der Waals surface area contributed by atoms with Gasteiger partial charge in [0.15, 0.2) is 0 Å². The quantitative estimate of drug-likeness (QED) is 0.676. The average molecular weight is 373 g/mol. The molecule has 26 heavy (non-hydrogen) atoms. The highest BCUT2D eigenvalue weighted by atomic mass is 35.5. The molecule has 7 nitrogen and oxygen atoms in total. The van der Waals surface area contributed by atoms with E-state index in [0.29, 0.717) is 28.9 Å². The molecule has 0 aliphatic carbocycles. The number of carboxylic acid groups (broad SMARTS) is 1. The number of carboxylic acids is 1. The van der Waals surface area contributed by atoms with Crippen molar-refractivity contribution < 1.29 is 14.6 Å². The van der Waals surface area contributed by atoms with Gasteiger partial charge in [0, 0.05) is 17.0 Å². The third-order valence-electron chi connectivity index (χ3n) is 3.61. The average Bonchev–Trinajstić information content (AvgIpc) is 3.05. The summed E-state index contributed by atoms with van der Waals surface area (Å²) in [6.45, 7) is 2.23. The SMILES string of the molecule is C[C@H](CC(=O)O)Cn1nnc(-c2ccc(Oc3ccc(Cl)cc3)cc2)n1. The molecule has 1 atom stereocenters. The zero-order chi connectivity index (χ0) is 18.5. The van der Waals surface area contributed by atoms with E-state index in [9.17, 15) is 4.79 Å². The fourth-order valence-electron chi connectivity index (χ4n) is 2.39. The Morgan fingerprint density at radius 1 is 1.15 bits per heavy atom. The third kappa shape index (κ3) is 4.80. The lowest BCUT2D eigenvalue weighted by molar-refractivity contribution is -0.138. The molecule has 1 N–H and O–H groups in total. The minimum absolute atomic E-state index is 0.0631. The highest BCUT2D eigenvalue weighted by Gasteiger charge is 2.12. The minimum atomic E-state index is -0.839. The molecule has 0 saturated carbocycles. The Morgan fingerprint density at radius 3 is 2.38 bits per heavy atom. The Labute approximate surface area is 155 Å². The van der Waals surface area contributed by atoms with Gasteiger partial charge in [-0.3, -0.25) is 4.79 Å². The van der Waals surface area contributed by atoms with E-state index in [0.717, 1.165) is 5.56 Å². The van der Waals surface area contributed by atoms with Gasteiger partial charge >= 0.3 is 5.97 Å². The van der Waals surface area contributed by atoms with Crippen molar-refractivity contribution in [3.63, 3.8) is 0 Å². The number of nitrogens with zero attached hydrogens (tertiary/aromatic N) is 4. The number of benzene rings is 2. The normalized spacial score (nSPS) is 11.9. The van der Waals surface area contributed by atoms with Gasteiger partial charge in [0.25, 0.3) is 0 Å². The highest BCUT2D eigenvalue weighted by molar-refractivity contribution is 6.30. The number of carbonyl (C=O) groups is 1. The molecule has 0 spiro atoms. The van der Waals surface area contributed by atoms with E-state index in [-0.39, 0.29) is 12.3 Å². The second-order valence-electron chi connectivity index (χ2n) is 5.95. The van der Waals surface area contributed by atoms with E-state index >= 15 is 0 Å². The van der Waals surface area contributed by atoms with E-state index in [2.05, 4.69) is 15.4 Å². The van der Waals surface area contributed by atoms with Gasteiger partial charge in [0.05, 0.1) is 6.54 Å². The number of tetrazole rings is 1. The first-order valence-corrected chi connectivity index (χ1v) is 8.41. The van der Waals surface area contributed by atoms with Gasteiger partial charge in [0.1, 0.15) is 11.5 Å². The van der Waals surface area contributed by atoms with E-state index in [1.807, 2.05) is 31.2 Å². The number of ether oxygens (including phenoxy) is 1. The summed E-state index contributed by atoms with van der Waals surface area (Å²) in [5, 5.41) is 21.8. The van der Waals surface area contributed by atoms with E-state index < -0.39 is 5.97 Å². The molecule has 0 saturated heterocycles. The van der Waals surface area contributed by atoms with Gasteiger partial charge in [-0.15, -0.1) is 10.2 Å². The van der Waals surface area contributed by atoms with Crippen LogP contribution in [-0.4, -0.2) is 31.3 Å². The highest BCUT2D eigenvalue weighted by Crippen LogP contribution is 2.25. The predicted molar refractivity (Wildman–Crippen MR) is 96.2 cm³/mol. The van der Waals surface area contributed by atoms with Crippen LogP contribution in [0.2, 0.25) is 5.02 Å². The summed E-state index contributed by atoms with van der Waals surface area (Å²) < 4.78 is 5.74. The molecule has 8 heteroatoms. The van der Waals surface area contributed by atoms with Crippen molar-refractivity contribution in [3.8, 4) is 22.9 Å². The van der Waals surface area contributed by atoms with Crippen LogP contribution in [0.4, 0.5) is 0 Å². The Bertz CT molecular complexity index is 878. The molecule has 0 aliphatic rings. The maximum Gasteiger partial charge on any atom is 0.303 e. The van der Waals surface area contributed by atoms with E-state index in [4.69, 9.17) is 21.4 Å². The van der Waals surface area contributed by atoms with Crippen LogP contribution in [0.3, 0.4) is 0 Å². The second-order valence-corrected chi connectivity index (χ2v) is 6.39. The summed E-state index contributed by atoms with van der Waals surface area (Å²) in [6, 6.07) is 14.4. The number of aromatic nitrogens is 4. The van der Waals surface area contributed by atoms with Crippen LogP contribution in [-0.2, 0) is 11.3 Å². The van der Waals surface area contributed by atoms with Crippen LogP contribution in [0.1, 0.15) is 13.3 Å². The molecule has 3 rings (SSSR count). The van der Waals surface area contributed by atoms with Crippen LogP contribution >= 0.6 is 11.6 Å². The van der Waals surface area contributed by atoms with Crippen LogP contribution in [0.15, 0.2) is 48.5 Å². The van der Waals surface area contributed by atoms with Crippen molar-refractivity contribution in [2.24, 2.45) is 5.92 Å². The Kier molecular flexibility index (Phi) is 5.48. The zero-order valence-corrected chi connectivity index (χ0v) is 14.8. The van der Waals surface area contributed by atoms with Gasteiger partial charge in [-0.1, -0.05) is 18.5 Å². The number of halogens is 1. The summed E-state index contributed by atoms with van der Waals surface area (Å²) in [5.41, 5.74) is 0.797. The lowest BCUT2D eigenvalue weighted by Crippen LogP contribution is -2.14. The largest absolute Gasteiger partial charge is 0.481 e. The topological polar surface area (TPSA) is 90.1 Å². The Hall–Kier alpha value is -2.93. The summed E-state index contributed by atoms with van der Waals surface area (Å²) in [5.74, 6) is 0.932. The molecule has 0 radical (unpaired) electrons. The van der Waals surface area contributed by atoms with E-state index in [1.54, 1.807) is 24.3 Å². The summed E-state index contributed by atoms with van der Waals surface area (Å²) >= 11 is 5.85. The standard InChI is InChI=1S/C18H17ClN4O3/c1-12(10-17(24)25)11-23-21-18(20-22-23)13-2-6-15(7-3-13)26-16-8-4-14(19)5-9-16/h2-9,12H,10-11H2,1H3,(H,24,25)/t12-/m1/s1. The molecule has 1 heterocycles. The summed E-state index contributed by atoms with van der Waals surface area (Å²) in [7, 11) is 0. The van der Waals surface area contributed by atoms with Crippen LogP contribution in [0.5, 0.6) is 11.5 Å². The van der Waals surface area contributed by atoms with Crippen molar-refractivity contribution in [3.05, 3.63) is 53.6 Å². The number of rotatable bonds is 7. The molecule has 0 fully saturated rings. The van der Waals surface area contributed by atoms with Crippen molar-refractivity contribution >= 4 is 17.6 Å². The molecular weight excluding hydrogens is 356 g/mol. The van der Waals surface area contributed by atoms with Gasteiger partial charge < -0.3 is 9.84 Å². The van der Waals surface area contributed by atoms with Gasteiger partial charge in [-0.05, 0) is 59.7 Å². The minimum Gasteiger partial charge on any atom is -0.481 e. The van der Waals surface area contributed by atoms with Crippen molar-refractivity contribution in [1.29, 1.82) is 0 Å². The smallest absolute Gasteiger partial charge is 0.303 e. The number of hydrogen-bond donors (Lipinski definition) is 1. The fourth-order valence-corrected chi connectivity index (χ4v) is 2.51. The van der Waals surface area contributed by atoms with Gasteiger partial charge in [-0.2, -0.15) is 4.80 Å². The Balaban J connectivity index is 1.65. The van der Waals surface area contributed by atoms with Gasteiger partial charge in [-0.25, -0.2) is 0 Å². The fraction of sp³-hybridized carbons (Fsp3) is 0.222. The molecular formula is C18H17ClN4O3. The van der Waals surface area contributed by atoms with E-state index in [1.165, 1.54) is 4.80 Å². The first-order valence-electron chi connectivity index (χ1n) is 8.03. The summed E-state index contributed by atoms with van der Waals surface area (Å²) in [4.78, 5) is 12.1. The molecule has 1 aromatic heterocycles. The third-order valence-corrected chi connectivity index (χ3v) is 3.86. The first-order chi connectivity index (χ1) is 12.5.